The first-order chi connectivity index (χ1) is 5.64. The molecule has 6 heteroatoms. The number of rotatable bonds is 3. The Bertz CT molecular complexity index is 360. The van der Waals surface area contributed by atoms with Crippen molar-refractivity contribution in [3.63, 3.8) is 0 Å². The first-order valence-corrected chi connectivity index (χ1v) is 4.39. The zero-order valence-corrected chi connectivity index (χ0v) is 6.78. The molecule has 1 rings (SSSR count). The van der Waals surface area contributed by atoms with E-state index in [2.05, 4.69) is 8.70 Å². The van der Waals surface area contributed by atoms with Crippen LogP contribution in [0.1, 0.15) is 0 Å². The lowest BCUT2D eigenvalue weighted by molar-refractivity contribution is 0.484. The van der Waals surface area contributed by atoms with Gasteiger partial charge < -0.3 is 4.18 Å². The van der Waals surface area contributed by atoms with E-state index < -0.39 is 10.3 Å². The zero-order valence-electron chi connectivity index (χ0n) is 5.97. The average Bonchev–Trinajstić information content (AvgIpc) is 2.06. The van der Waals surface area contributed by atoms with Gasteiger partial charge in [-0.1, -0.05) is 18.2 Å². The van der Waals surface area contributed by atoms with Crippen molar-refractivity contribution in [2.24, 2.45) is 4.52 Å². The van der Waals surface area contributed by atoms with E-state index in [1.165, 1.54) is 12.1 Å². The molecule has 0 atom stereocenters. The van der Waals surface area contributed by atoms with Crippen molar-refractivity contribution >= 4 is 10.3 Å². The van der Waals surface area contributed by atoms with E-state index in [1.54, 1.807) is 18.2 Å². The van der Waals surface area contributed by atoms with Crippen molar-refractivity contribution in [2.75, 3.05) is 0 Å². The van der Waals surface area contributed by atoms with E-state index in [0.29, 0.717) is 0 Å². The highest BCUT2D eigenvalue weighted by molar-refractivity contribution is 7.85. The van der Waals surface area contributed by atoms with Crippen LogP contribution in [0.4, 0.5) is 0 Å². The lowest BCUT2D eigenvalue weighted by atomic mass is 10.3. The molecular weight excluding hydrogens is 180 g/mol. The van der Waals surface area contributed by atoms with Crippen LogP contribution in [0.5, 0.6) is 5.75 Å². The minimum atomic E-state index is -4.08. The molecule has 0 aliphatic heterocycles. The summed E-state index contributed by atoms with van der Waals surface area (Å²) in [5.74, 6) is 0.147. The van der Waals surface area contributed by atoms with Gasteiger partial charge in [-0.3, -0.25) is 0 Å². The van der Waals surface area contributed by atoms with E-state index in [-0.39, 0.29) is 5.75 Å². The second-order valence-electron chi connectivity index (χ2n) is 1.92. The summed E-state index contributed by atoms with van der Waals surface area (Å²) < 4.78 is 27.9. The molecule has 0 bridgehead atoms. The van der Waals surface area contributed by atoms with Crippen LogP contribution in [0.3, 0.4) is 0 Å². The molecule has 0 spiro atoms. The van der Waals surface area contributed by atoms with Gasteiger partial charge in [0.15, 0.2) is 0 Å². The van der Waals surface area contributed by atoms with Crippen molar-refractivity contribution in [1.29, 1.82) is 5.53 Å². The van der Waals surface area contributed by atoms with Crippen LogP contribution in [0.15, 0.2) is 34.9 Å². The molecule has 0 saturated heterocycles. The number of nitrogens with one attached hydrogen (secondary N) is 1. The molecule has 0 radical (unpaired) electrons. The van der Waals surface area contributed by atoms with Gasteiger partial charge in [-0.2, -0.15) is 13.9 Å². The highest BCUT2D eigenvalue weighted by atomic mass is 32.2. The molecule has 0 fully saturated rings. The molecule has 64 valence electrons. The fourth-order valence-electron chi connectivity index (χ4n) is 0.616. The minimum absolute atomic E-state index is 0.147. The first kappa shape index (κ1) is 8.66. The van der Waals surface area contributed by atoms with E-state index >= 15 is 0 Å². The lowest BCUT2D eigenvalue weighted by Crippen LogP contribution is -2.03. The number of nitrogens with zero attached hydrogens (tertiary/aromatic N) is 1. The van der Waals surface area contributed by atoms with Crippen LogP contribution in [0, 0.1) is 5.53 Å². The Morgan fingerprint density at radius 1 is 1.25 bits per heavy atom. The number of benzene rings is 1. The summed E-state index contributed by atoms with van der Waals surface area (Å²) in [5.41, 5.74) is 6.27. The van der Waals surface area contributed by atoms with Crippen molar-refractivity contribution in [3.05, 3.63) is 30.3 Å². The predicted molar refractivity (Wildman–Crippen MR) is 41.1 cm³/mol. The maximum Gasteiger partial charge on any atom is 0.445 e. The van der Waals surface area contributed by atoms with Crippen molar-refractivity contribution < 1.29 is 12.6 Å². The molecule has 1 aromatic rings. The monoisotopic (exact) mass is 186 g/mol. The van der Waals surface area contributed by atoms with Gasteiger partial charge in [-0.05, 0) is 16.7 Å². The fourth-order valence-corrected chi connectivity index (χ4v) is 1.01. The van der Waals surface area contributed by atoms with Gasteiger partial charge in [0.05, 0.1) is 0 Å². The van der Waals surface area contributed by atoms with Crippen LogP contribution in [0.2, 0.25) is 0 Å². The summed E-state index contributed by atoms with van der Waals surface area (Å²) in [5, 5.41) is 0. The fraction of sp³-hybridized carbons (Fsp3) is 0. The Kier molecular flexibility index (Phi) is 2.39. The molecule has 0 unspecified atom stereocenters. The standard InChI is InChI=1S/C6H6N2O3S/c7-8-12(9,10)11-6-4-2-1-3-5-6/h1-5,7H. The van der Waals surface area contributed by atoms with Crippen LogP contribution in [-0.2, 0) is 10.3 Å². The average molecular weight is 186 g/mol. The van der Waals surface area contributed by atoms with Crippen LogP contribution >= 0.6 is 0 Å². The third-order valence-electron chi connectivity index (χ3n) is 1.06. The van der Waals surface area contributed by atoms with Gasteiger partial charge in [0.1, 0.15) is 5.75 Å². The lowest BCUT2D eigenvalue weighted by Gasteiger charge is -1.98. The molecule has 1 N–H and O–H groups in total. The van der Waals surface area contributed by atoms with Gasteiger partial charge in [0, 0.05) is 0 Å². The van der Waals surface area contributed by atoms with Gasteiger partial charge in [-0.15, -0.1) is 0 Å². The number of para-hydroxylation sites is 1. The molecule has 0 aliphatic rings. The molecule has 5 nitrogen and oxygen atoms in total. The summed E-state index contributed by atoms with van der Waals surface area (Å²) in [6, 6.07) is 7.88. The third kappa shape index (κ3) is 2.31. The molecule has 12 heavy (non-hydrogen) atoms. The largest absolute Gasteiger partial charge is 0.445 e. The Labute approximate surface area is 69.8 Å². The van der Waals surface area contributed by atoms with Crippen molar-refractivity contribution in [1.82, 2.24) is 0 Å². The minimum Gasteiger partial charge on any atom is -0.365 e. The van der Waals surface area contributed by atoms with Gasteiger partial charge in [0.25, 0.3) is 0 Å². The first-order valence-electron chi connectivity index (χ1n) is 3.02. The quantitative estimate of drug-likeness (QED) is 0.723. The normalized spacial score (nSPS) is 10.7. The van der Waals surface area contributed by atoms with Crippen LogP contribution in [0.25, 0.3) is 0 Å². The van der Waals surface area contributed by atoms with Crippen LogP contribution < -0.4 is 4.18 Å². The van der Waals surface area contributed by atoms with Crippen LogP contribution in [-0.4, -0.2) is 8.42 Å². The maximum absolute atomic E-state index is 10.6. The van der Waals surface area contributed by atoms with E-state index in [4.69, 9.17) is 5.53 Å². The van der Waals surface area contributed by atoms with E-state index in [9.17, 15) is 8.42 Å². The van der Waals surface area contributed by atoms with Crippen molar-refractivity contribution in [3.8, 4) is 5.75 Å². The van der Waals surface area contributed by atoms with Gasteiger partial charge >= 0.3 is 10.3 Å². The molecule has 0 amide bonds. The Morgan fingerprint density at radius 2 is 1.83 bits per heavy atom. The predicted octanol–water partition coefficient (Wildman–Crippen LogP) is 1.34. The van der Waals surface area contributed by atoms with Gasteiger partial charge in [0.2, 0.25) is 0 Å². The molecule has 0 aromatic heterocycles. The summed E-state index contributed by atoms with van der Waals surface area (Å²) in [6.45, 7) is 0. The molecular formula is C6H6N2O3S. The molecule has 0 aliphatic carbocycles. The summed E-state index contributed by atoms with van der Waals surface area (Å²) in [6.07, 6.45) is 0. The van der Waals surface area contributed by atoms with E-state index in [1.807, 2.05) is 0 Å². The summed E-state index contributed by atoms with van der Waals surface area (Å²) in [4.78, 5) is 0. The van der Waals surface area contributed by atoms with Gasteiger partial charge in [-0.25, -0.2) is 0 Å². The van der Waals surface area contributed by atoms with Crippen molar-refractivity contribution in [2.45, 2.75) is 0 Å². The number of hydrogen-bond acceptors (Lipinski definition) is 4. The molecule has 0 saturated carbocycles. The smallest absolute Gasteiger partial charge is 0.365 e. The SMILES string of the molecule is N=NS(=O)(=O)Oc1ccccc1. The highest BCUT2D eigenvalue weighted by Crippen LogP contribution is 2.11. The third-order valence-corrected chi connectivity index (χ3v) is 1.68. The summed E-state index contributed by atoms with van der Waals surface area (Å²) in [7, 11) is -4.08. The Hall–Kier alpha value is -1.43. The highest BCUT2D eigenvalue weighted by Gasteiger charge is 2.08. The Balaban J connectivity index is 2.85. The zero-order chi connectivity index (χ0) is 9.03. The van der Waals surface area contributed by atoms with E-state index in [0.717, 1.165) is 0 Å². The Morgan fingerprint density at radius 3 is 2.33 bits per heavy atom. The summed E-state index contributed by atoms with van der Waals surface area (Å²) >= 11 is 0. The maximum atomic E-state index is 10.6. The second-order valence-corrected chi connectivity index (χ2v) is 3.12. The second kappa shape index (κ2) is 3.31. The molecule has 0 heterocycles. The topological polar surface area (TPSA) is 79.6 Å². The molecule has 1 aromatic carbocycles. The number of hydrogen-bond donors (Lipinski definition) is 1.